The standard InChI is InChI=1S/C8H18O3/c1-8(2,3)7(11)4-6(10)5-9/h6-7,9-11H,4-5H2,1-3H3/t6-,7+/m1/s1. The molecule has 0 aromatic rings. The number of hydrogen-bond donors (Lipinski definition) is 3. The maximum absolute atomic E-state index is 9.42. The Bertz CT molecular complexity index is 106. The number of aliphatic hydroxyl groups is 3. The van der Waals surface area contributed by atoms with Gasteiger partial charge in [-0.25, -0.2) is 0 Å². The molecule has 0 aliphatic rings. The minimum atomic E-state index is -0.802. The van der Waals surface area contributed by atoms with Gasteiger partial charge < -0.3 is 15.3 Å². The quantitative estimate of drug-likeness (QED) is 0.553. The van der Waals surface area contributed by atoms with Gasteiger partial charge in [-0.3, -0.25) is 0 Å². The fourth-order valence-corrected chi connectivity index (χ4v) is 0.686. The molecule has 0 saturated carbocycles. The van der Waals surface area contributed by atoms with Crippen LogP contribution in [-0.2, 0) is 0 Å². The zero-order valence-electron chi connectivity index (χ0n) is 7.41. The summed E-state index contributed by atoms with van der Waals surface area (Å²) in [6.45, 7) is 5.39. The maximum Gasteiger partial charge on any atom is 0.0795 e. The van der Waals surface area contributed by atoms with Crippen LogP contribution < -0.4 is 0 Å². The monoisotopic (exact) mass is 162 g/mol. The molecule has 0 aliphatic heterocycles. The Hall–Kier alpha value is -0.120. The van der Waals surface area contributed by atoms with Gasteiger partial charge in [-0.2, -0.15) is 0 Å². The van der Waals surface area contributed by atoms with E-state index in [1.165, 1.54) is 0 Å². The molecule has 0 fully saturated rings. The minimum Gasteiger partial charge on any atom is -0.394 e. The van der Waals surface area contributed by atoms with E-state index in [4.69, 9.17) is 10.2 Å². The Morgan fingerprint density at radius 3 is 1.91 bits per heavy atom. The summed E-state index contributed by atoms with van der Waals surface area (Å²) >= 11 is 0. The molecule has 0 aliphatic carbocycles. The summed E-state index contributed by atoms with van der Waals surface area (Å²) in [5.41, 5.74) is -0.226. The second-order valence-corrected chi connectivity index (χ2v) is 3.95. The van der Waals surface area contributed by atoms with E-state index in [-0.39, 0.29) is 18.4 Å². The maximum atomic E-state index is 9.42. The van der Waals surface area contributed by atoms with Crippen LogP contribution in [-0.4, -0.2) is 34.1 Å². The molecule has 0 unspecified atom stereocenters. The molecule has 0 bridgehead atoms. The van der Waals surface area contributed by atoms with Crippen molar-refractivity contribution in [3.05, 3.63) is 0 Å². The highest BCUT2D eigenvalue weighted by Crippen LogP contribution is 2.22. The number of rotatable bonds is 3. The van der Waals surface area contributed by atoms with Crippen LogP contribution in [0.15, 0.2) is 0 Å². The predicted octanol–water partition coefficient (Wildman–Crippen LogP) is 0.137. The molecular weight excluding hydrogens is 144 g/mol. The van der Waals surface area contributed by atoms with E-state index in [1.807, 2.05) is 20.8 Å². The lowest BCUT2D eigenvalue weighted by Gasteiger charge is -2.27. The van der Waals surface area contributed by atoms with Crippen molar-refractivity contribution in [2.45, 2.75) is 39.4 Å². The summed E-state index contributed by atoms with van der Waals surface area (Å²) in [7, 11) is 0. The summed E-state index contributed by atoms with van der Waals surface area (Å²) in [6, 6.07) is 0. The first-order chi connectivity index (χ1) is 4.88. The third-order valence-electron chi connectivity index (χ3n) is 1.71. The summed E-state index contributed by atoms with van der Waals surface area (Å²) in [4.78, 5) is 0. The van der Waals surface area contributed by atoms with Crippen LogP contribution in [0.5, 0.6) is 0 Å². The molecule has 0 amide bonds. The highest BCUT2D eigenvalue weighted by atomic mass is 16.3. The first-order valence-electron chi connectivity index (χ1n) is 3.85. The van der Waals surface area contributed by atoms with E-state index in [0.717, 1.165) is 0 Å². The molecule has 11 heavy (non-hydrogen) atoms. The van der Waals surface area contributed by atoms with Gasteiger partial charge in [0.1, 0.15) is 0 Å². The van der Waals surface area contributed by atoms with Crippen molar-refractivity contribution in [3.8, 4) is 0 Å². The molecule has 0 radical (unpaired) electrons. The smallest absolute Gasteiger partial charge is 0.0795 e. The molecule has 2 atom stereocenters. The van der Waals surface area contributed by atoms with Gasteiger partial charge in [-0.15, -0.1) is 0 Å². The average molecular weight is 162 g/mol. The lowest BCUT2D eigenvalue weighted by molar-refractivity contribution is -0.00433. The summed E-state index contributed by atoms with van der Waals surface area (Å²) in [5, 5.41) is 26.9. The largest absolute Gasteiger partial charge is 0.394 e. The van der Waals surface area contributed by atoms with Gasteiger partial charge in [0.15, 0.2) is 0 Å². The second kappa shape index (κ2) is 4.04. The van der Waals surface area contributed by atoms with Gasteiger partial charge in [0.05, 0.1) is 18.8 Å². The van der Waals surface area contributed by atoms with Crippen LogP contribution in [0.3, 0.4) is 0 Å². The molecule has 3 nitrogen and oxygen atoms in total. The SMILES string of the molecule is CC(C)(C)[C@@H](O)C[C@@H](O)CO. The van der Waals surface area contributed by atoms with E-state index >= 15 is 0 Å². The third kappa shape index (κ3) is 4.35. The van der Waals surface area contributed by atoms with Gasteiger partial charge >= 0.3 is 0 Å². The van der Waals surface area contributed by atoms with Gasteiger partial charge in [0.2, 0.25) is 0 Å². The fourth-order valence-electron chi connectivity index (χ4n) is 0.686. The number of aliphatic hydroxyl groups excluding tert-OH is 3. The van der Waals surface area contributed by atoms with Crippen LogP contribution in [0.25, 0.3) is 0 Å². The lowest BCUT2D eigenvalue weighted by Crippen LogP contribution is -2.31. The lowest BCUT2D eigenvalue weighted by atomic mass is 9.86. The zero-order valence-corrected chi connectivity index (χ0v) is 7.41. The molecular formula is C8H18O3. The molecule has 0 aromatic heterocycles. The van der Waals surface area contributed by atoms with Crippen LogP contribution in [0.2, 0.25) is 0 Å². The summed E-state index contributed by atoms with van der Waals surface area (Å²) in [5.74, 6) is 0. The molecule has 0 heterocycles. The Labute approximate surface area is 67.7 Å². The minimum absolute atomic E-state index is 0.226. The highest BCUT2D eigenvalue weighted by Gasteiger charge is 2.24. The van der Waals surface area contributed by atoms with E-state index in [1.54, 1.807) is 0 Å². The topological polar surface area (TPSA) is 60.7 Å². The van der Waals surface area contributed by atoms with Gasteiger partial charge in [-0.05, 0) is 5.41 Å². The highest BCUT2D eigenvalue weighted by molar-refractivity contribution is 4.75. The summed E-state index contributed by atoms with van der Waals surface area (Å²) in [6.07, 6.45) is -1.13. The van der Waals surface area contributed by atoms with Crippen LogP contribution in [0.4, 0.5) is 0 Å². The van der Waals surface area contributed by atoms with Crippen LogP contribution in [0, 0.1) is 5.41 Å². The molecule has 0 spiro atoms. The molecule has 0 saturated heterocycles. The molecule has 68 valence electrons. The van der Waals surface area contributed by atoms with Gasteiger partial charge in [0, 0.05) is 6.42 Å². The molecule has 3 heteroatoms. The van der Waals surface area contributed by atoms with E-state index in [0.29, 0.717) is 0 Å². The van der Waals surface area contributed by atoms with Crippen molar-refractivity contribution in [1.82, 2.24) is 0 Å². The molecule has 3 N–H and O–H groups in total. The summed E-state index contributed by atoms with van der Waals surface area (Å²) < 4.78 is 0. The van der Waals surface area contributed by atoms with Crippen molar-refractivity contribution in [3.63, 3.8) is 0 Å². The zero-order chi connectivity index (χ0) is 9.07. The van der Waals surface area contributed by atoms with E-state index < -0.39 is 12.2 Å². The predicted molar refractivity (Wildman–Crippen MR) is 43.2 cm³/mol. The Balaban J connectivity index is 3.77. The second-order valence-electron chi connectivity index (χ2n) is 3.95. The normalized spacial score (nSPS) is 18.0. The van der Waals surface area contributed by atoms with Crippen molar-refractivity contribution in [2.75, 3.05) is 6.61 Å². The third-order valence-corrected chi connectivity index (χ3v) is 1.71. The van der Waals surface area contributed by atoms with Crippen molar-refractivity contribution in [1.29, 1.82) is 0 Å². The molecule has 0 aromatic carbocycles. The Morgan fingerprint density at radius 2 is 1.64 bits per heavy atom. The van der Waals surface area contributed by atoms with Gasteiger partial charge in [-0.1, -0.05) is 20.8 Å². The van der Waals surface area contributed by atoms with E-state index in [9.17, 15) is 5.11 Å². The Morgan fingerprint density at radius 1 is 1.18 bits per heavy atom. The van der Waals surface area contributed by atoms with Gasteiger partial charge in [0.25, 0.3) is 0 Å². The first kappa shape index (κ1) is 10.9. The average Bonchev–Trinajstić information content (AvgIpc) is 1.85. The van der Waals surface area contributed by atoms with Crippen molar-refractivity contribution < 1.29 is 15.3 Å². The van der Waals surface area contributed by atoms with Crippen molar-refractivity contribution in [2.24, 2.45) is 5.41 Å². The molecule has 0 rings (SSSR count). The Kier molecular flexibility index (Phi) is 4.00. The van der Waals surface area contributed by atoms with Crippen LogP contribution in [0.1, 0.15) is 27.2 Å². The first-order valence-corrected chi connectivity index (χ1v) is 3.85. The van der Waals surface area contributed by atoms with E-state index in [2.05, 4.69) is 0 Å². The fraction of sp³-hybridized carbons (Fsp3) is 1.00. The van der Waals surface area contributed by atoms with Crippen LogP contribution >= 0.6 is 0 Å². The van der Waals surface area contributed by atoms with Crippen molar-refractivity contribution >= 4 is 0 Å². The number of hydrogen-bond acceptors (Lipinski definition) is 3.